The van der Waals surface area contributed by atoms with E-state index in [2.05, 4.69) is 20.8 Å². The van der Waals surface area contributed by atoms with Crippen molar-refractivity contribution in [1.29, 1.82) is 0 Å². The van der Waals surface area contributed by atoms with Crippen molar-refractivity contribution in [3.05, 3.63) is 11.1 Å². The van der Waals surface area contributed by atoms with E-state index in [0.29, 0.717) is 24.5 Å². The minimum Gasteiger partial charge on any atom is -0.481 e. The zero-order valence-electron chi connectivity index (χ0n) is 19.0. The minimum absolute atomic E-state index is 0.0754. The van der Waals surface area contributed by atoms with Crippen LogP contribution in [0.5, 0.6) is 0 Å². The Kier molecular flexibility index (Phi) is 6.05. The van der Waals surface area contributed by atoms with Gasteiger partial charge in [0.15, 0.2) is 5.78 Å². The highest BCUT2D eigenvalue weighted by Gasteiger charge is 2.52. The topological polar surface area (TPSA) is 72.8 Å². The van der Waals surface area contributed by atoms with Crippen molar-refractivity contribution in [2.75, 3.05) is 0 Å². The number of carboxylic acids is 1. The lowest BCUT2D eigenvalue weighted by Crippen LogP contribution is -2.48. The second-order valence-electron chi connectivity index (χ2n) is 10.9. The third-order valence-electron chi connectivity index (χ3n) is 8.36. The molecule has 0 amide bonds. The van der Waals surface area contributed by atoms with Crippen LogP contribution in [0.15, 0.2) is 11.1 Å². The molecule has 5 nitrogen and oxygen atoms in total. The van der Waals surface area contributed by atoms with E-state index in [1.165, 1.54) is 18.4 Å². The Labute approximate surface area is 175 Å². The number of allylic oxidation sites excluding steroid dienone is 2. The van der Waals surface area contributed by atoms with Crippen LogP contribution in [0.2, 0.25) is 0 Å². The van der Waals surface area contributed by atoms with Crippen molar-refractivity contribution in [3.63, 3.8) is 0 Å². The molecule has 0 aromatic heterocycles. The molecule has 164 valence electrons. The Morgan fingerprint density at radius 1 is 1.21 bits per heavy atom. The molecule has 5 atom stereocenters. The van der Waals surface area contributed by atoms with Crippen LogP contribution >= 0.6 is 0 Å². The number of rotatable bonds is 5. The number of fused-ring (bicyclic) bond motifs is 1. The number of carbonyl (C=O) groups excluding carboxylic acids is 1. The first-order valence-corrected chi connectivity index (χ1v) is 11.2. The summed E-state index contributed by atoms with van der Waals surface area (Å²) >= 11 is 0. The third-order valence-corrected chi connectivity index (χ3v) is 8.36. The molecule has 1 saturated heterocycles. The highest BCUT2D eigenvalue weighted by Crippen LogP contribution is 2.59. The predicted octanol–water partition coefficient (Wildman–Crippen LogP) is 5.48. The second-order valence-corrected chi connectivity index (χ2v) is 10.9. The molecular formula is C24H38O5. The van der Waals surface area contributed by atoms with Crippen LogP contribution in [-0.2, 0) is 19.4 Å². The summed E-state index contributed by atoms with van der Waals surface area (Å²) in [4.78, 5) is 35.3. The molecule has 1 N–H and O–H groups in total. The summed E-state index contributed by atoms with van der Waals surface area (Å²) < 4.78 is 0. The molecule has 0 aromatic carbocycles. The van der Waals surface area contributed by atoms with Gasteiger partial charge in [0, 0.05) is 6.42 Å². The van der Waals surface area contributed by atoms with Gasteiger partial charge in [0.25, 0.3) is 0 Å². The Morgan fingerprint density at radius 2 is 1.90 bits per heavy atom. The van der Waals surface area contributed by atoms with Crippen molar-refractivity contribution in [1.82, 2.24) is 0 Å². The lowest BCUT2D eigenvalue weighted by atomic mass is 9.49. The largest absolute Gasteiger partial charge is 0.481 e. The predicted molar refractivity (Wildman–Crippen MR) is 111 cm³/mol. The van der Waals surface area contributed by atoms with E-state index >= 15 is 0 Å². The number of ketones is 1. The quantitative estimate of drug-likeness (QED) is 0.612. The summed E-state index contributed by atoms with van der Waals surface area (Å²) in [5, 5.41) is 9.20. The SMILES string of the molecule is CC1=C(CC[C@@]2(C)CC[C@@H]([C@H](C)C(=O)O)OO2)[C@@]2(C)CCCC(C)(C)[C@@H]2CC1=O. The first kappa shape index (κ1) is 22.5. The molecule has 5 heteroatoms. The van der Waals surface area contributed by atoms with E-state index in [0.717, 1.165) is 31.3 Å². The van der Waals surface area contributed by atoms with Gasteiger partial charge >= 0.3 is 5.97 Å². The Balaban J connectivity index is 1.73. The maximum atomic E-state index is 12.8. The van der Waals surface area contributed by atoms with Crippen LogP contribution < -0.4 is 0 Å². The number of hydrogen-bond acceptors (Lipinski definition) is 4. The summed E-state index contributed by atoms with van der Waals surface area (Å²) in [6.07, 6.45) is 6.86. The number of carboxylic acid groups (broad SMARTS) is 1. The molecule has 2 fully saturated rings. The average molecular weight is 407 g/mol. The zero-order chi connectivity index (χ0) is 21.6. The molecule has 1 heterocycles. The third kappa shape index (κ3) is 4.18. The Bertz CT molecular complexity index is 698. The summed E-state index contributed by atoms with van der Waals surface area (Å²) in [6.45, 7) is 12.7. The van der Waals surface area contributed by atoms with Crippen molar-refractivity contribution in [2.24, 2.45) is 22.7 Å². The first-order chi connectivity index (χ1) is 13.4. The van der Waals surface area contributed by atoms with Gasteiger partial charge in [-0.25, -0.2) is 9.78 Å². The van der Waals surface area contributed by atoms with Gasteiger partial charge in [-0.1, -0.05) is 32.8 Å². The van der Waals surface area contributed by atoms with E-state index in [4.69, 9.17) is 9.78 Å². The normalized spacial score (nSPS) is 38.5. The fourth-order valence-corrected chi connectivity index (χ4v) is 6.16. The molecule has 2 aliphatic carbocycles. The fourth-order valence-electron chi connectivity index (χ4n) is 6.16. The van der Waals surface area contributed by atoms with Crippen LogP contribution in [0, 0.1) is 22.7 Å². The smallest absolute Gasteiger partial charge is 0.308 e. The molecular weight excluding hydrogens is 368 g/mol. The summed E-state index contributed by atoms with van der Waals surface area (Å²) in [5.41, 5.74) is 2.09. The number of hydrogen-bond donors (Lipinski definition) is 1. The maximum Gasteiger partial charge on any atom is 0.308 e. The molecule has 0 radical (unpaired) electrons. The van der Waals surface area contributed by atoms with Crippen molar-refractivity contribution in [2.45, 2.75) is 105 Å². The molecule has 0 spiro atoms. The molecule has 3 rings (SSSR count). The van der Waals surface area contributed by atoms with Gasteiger partial charge in [-0.3, -0.25) is 9.59 Å². The maximum absolute atomic E-state index is 12.8. The van der Waals surface area contributed by atoms with Gasteiger partial charge in [-0.2, -0.15) is 0 Å². The first-order valence-electron chi connectivity index (χ1n) is 11.2. The van der Waals surface area contributed by atoms with Crippen LogP contribution in [0.4, 0.5) is 0 Å². The fraction of sp³-hybridized carbons (Fsp3) is 0.833. The van der Waals surface area contributed by atoms with Crippen LogP contribution in [0.3, 0.4) is 0 Å². The van der Waals surface area contributed by atoms with Gasteiger partial charge in [-0.05, 0) is 81.6 Å². The van der Waals surface area contributed by atoms with Crippen molar-refractivity contribution < 1.29 is 24.5 Å². The van der Waals surface area contributed by atoms with Crippen molar-refractivity contribution >= 4 is 11.8 Å². The molecule has 3 aliphatic rings. The number of carbonyl (C=O) groups is 2. The monoisotopic (exact) mass is 406 g/mol. The molecule has 29 heavy (non-hydrogen) atoms. The lowest BCUT2D eigenvalue weighted by molar-refractivity contribution is -0.411. The van der Waals surface area contributed by atoms with Crippen molar-refractivity contribution in [3.8, 4) is 0 Å². The van der Waals surface area contributed by atoms with Crippen LogP contribution in [-0.4, -0.2) is 28.6 Å². The minimum atomic E-state index is -0.859. The second kappa shape index (κ2) is 7.81. The van der Waals surface area contributed by atoms with Gasteiger partial charge in [0.05, 0.1) is 5.92 Å². The van der Waals surface area contributed by atoms with E-state index in [-0.39, 0.29) is 10.8 Å². The van der Waals surface area contributed by atoms with Gasteiger partial charge in [0.1, 0.15) is 11.7 Å². The van der Waals surface area contributed by atoms with Gasteiger partial charge < -0.3 is 5.11 Å². The number of aliphatic carboxylic acids is 1. The van der Waals surface area contributed by atoms with E-state index in [1.807, 2.05) is 13.8 Å². The van der Waals surface area contributed by atoms with Crippen LogP contribution in [0.1, 0.15) is 92.9 Å². The zero-order valence-corrected chi connectivity index (χ0v) is 19.0. The average Bonchev–Trinajstić information content (AvgIpc) is 2.63. The number of Topliss-reactive ketones (excluding diaryl/α,β-unsaturated/α-hetero) is 1. The van der Waals surface area contributed by atoms with Gasteiger partial charge in [-0.15, -0.1) is 0 Å². The lowest BCUT2D eigenvalue weighted by Gasteiger charge is -2.55. The highest BCUT2D eigenvalue weighted by molar-refractivity contribution is 5.97. The van der Waals surface area contributed by atoms with Gasteiger partial charge in [0.2, 0.25) is 0 Å². The molecule has 0 unspecified atom stereocenters. The summed E-state index contributed by atoms with van der Waals surface area (Å²) in [7, 11) is 0. The van der Waals surface area contributed by atoms with E-state index < -0.39 is 23.6 Å². The summed E-state index contributed by atoms with van der Waals surface area (Å²) in [5.74, 6) is -0.738. The molecule has 0 aromatic rings. The summed E-state index contributed by atoms with van der Waals surface area (Å²) in [6, 6.07) is 0. The highest BCUT2D eigenvalue weighted by atomic mass is 17.2. The van der Waals surface area contributed by atoms with Crippen LogP contribution in [0.25, 0.3) is 0 Å². The van der Waals surface area contributed by atoms with E-state index in [1.54, 1.807) is 6.92 Å². The molecule has 1 saturated carbocycles. The molecule has 1 aliphatic heterocycles. The standard InChI is InChI=1S/C24H38O5/c1-15-17(24(6)11-7-10-22(3,4)20(24)14-18(15)25)8-12-23(5)13-9-19(28-29-23)16(2)21(26)27/h16,19-20H,7-14H2,1-6H3,(H,26,27)/t16-,19-,20-,23-,24+/m0/s1. The van der Waals surface area contributed by atoms with E-state index in [9.17, 15) is 14.7 Å². The molecule has 0 bridgehead atoms. The Hall–Kier alpha value is -1.20. The Morgan fingerprint density at radius 3 is 2.48 bits per heavy atom.